The van der Waals surface area contributed by atoms with Crippen LogP contribution in [0.25, 0.3) is 0 Å². The summed E-state index contributed by atoms with van der Waals surface area (Å²) in [5, 5.41) is 3.77. The Morgan fingerprint density at radius 2 is 2.44 bits per heavy atom. The van der Waals surface area contributed by atoms with E-state index in [1.165, 1.54) is 0 Å². The molecule has 2 rings (SSSR count). The van der Waals surface area contributed by atoms with Crippen LogP contribution in [0.4, 0.5) is 0 Å². The van der Waals surface area contributed by atoms with Crippen molar-refractivity contribution in [1.82, 2.24) is 10.1 Å². The molecule has 0 bridgehead atoms. The number of rotatable bonds is 6. The second-order valence-corrected chi connectivity index (χ2v) is 4.67. The predicted molar refractivity (Wildman–Crippen MR) is 64.9 cm³/mol. The molecule has 0 spiro atoms. The molecule has 6 heteroatoms. The van der Waals surface area contributed by atoms with Crippen LogP contribution in [0.3, 0.4) is 0 Å². The molecule has 2 N–H and O–H groups in total. The highest BCUT2D eigenvalue weighted by Crippen LogP contribution is 2.34. The van der Waals surface area contributed by atoms with E-state index in [1.807, 2.05) is 0 Å². The molecule has 1 aliphatic rings. The molecule has 1 atom stereocenters. The Morgan fingerprint density at radius 3 is 3.00 bits per heavy atom. The SMILES string of the molecule is COCc1cc(C(=O)N(C)C(CN)C2CC2)no1. The van der Waals surface area contributed by atoms with Crippen molar-refractivity contribution in [2.45, 2.75) is 25.5 Å². The molecule has 0 aliphatic heterocycles. The number of ether oxygens (including phenoxy) is 1. The summed E-state index contributed by atoms with van der Waals surface area (Å²) >= 11 is 0. The van der Waals surface area contributed by atoms with E-state index in [9.17, 15) is 4.79 Å². The normalized spacial score (nSPS) is 16.6. The summed E-state index contributed by atoms with van der Waals surface area (Å²) < 4.78 is 9.93. The molecule has 0 radical (unpaired) electrons. The minimum atomic E-state index is -0.150. The van der Waals surface area contributed by atoms with Gasteiger partial charge < -0.3 is 19.9 Å². The molecular formula is C12H19N3O3. The third-order valence-corrected chi connectivity index (χ3v) is 3.29. The highest BCUT2D eigenvalue weighted by molar-refractivity contribution is 5.92. The van der Waals surface area contributed by atoms with Crippen molar-refractivity contribution in [3.8, 4) is 0 Å². The lowest BCUT2D eigenvalue weighted by Gasteiger charge is -2.26. The van der Waals surface area contributed by atoms with Gasteiger partial charge in [-0.15, -0.1) is 0 Å². The van der Waals surface area contributed by atoms with Gasteiger partial charge in [0.15, 0.2) is 11.5 Å². The lowest BCUT2D eigenvalue weighted by Crippen LogP contribution is -2.43. The quantitative estimate of drug-likeness (QED) is 0.804. The maximum Gasteiger partial charge on any atom is 0.276 e. The van der Waals surface area contributed by atoms with Crippen molar-refractivity contribution in [1.29, 1.82) is 0 Å². The van der Waals surface area contributed by atoms with Crippen LogP contribution in [0.2, 0.25) is 0 Å². The molecule has 100 valence electrons. The number of methoxy groups -OCH3 is 1. The summed E-state index contributed by atoms with van der Waals surface area (Å²) in [5.41, 5.74) is 6.03. The van der Waals surface area contributed by atoms with Crippen molar-refractivity contribution >= 4 is 5.91 Å². The molecular weight excluding hydrogens is 234 g/mol. The lowest BCUT2D eigenvalue weighted by atomic mass is 10.1. The van der Waals surface area contributed by atoms with Crippen LogP contribution in [0.1, 0.15) is 29.1 Å². The van der Waals surface area contributed by atoms with Gasteiger partial charge in [-0.25, -0.2) is 0 Å². The van der Waals surface area contributed by atoms with Gasteiger partial charge in [0, 0.05) is 32.8 Å². The fraction of sp³-hybridized carbons (Fsp3) is 0.667. The fourth-order valence-corrected chi connectivity index (χ4v) is 2.10. The van der Waals surface area contributed by atoms with Gasteiger partial charge in [-0.3, -0.25) is 4.79 Å². The summed E-state index contributed by atoms with van der Waals surface area (Å²) in [4.78, 5) is 13.9. The van der Waals surface area contributed by atoms with Crippen molar-refractivity contribution in [2.75, 3.05) is 20.7 Å². The fourth-order valence-electron chi connectivity index (χ4n) is 2.10. The number of hydrogen-bond donors (Lipinski definition) is 1. The Kier molecular flexibility index (Phi) is 3.98. The van der Waals surface area contributed by atoms with Crippen molar-refractivity contribution in [2.24, 2.45) is 11.7 Å². The number of nitrogens with two attached hydrogens (primary N) is 1. The van der Waals surface area contributed by atoms with E-state index in [2.05, 4.69) is 5.16 Å². The minimum Gasteiger partial charge on any atom is -0.377 e. The number of carbonyl (C=O) groups is 1. The molecule has 1 aromatic heterocycles. The summed E-state index contributed by atoms with van der Waals surface area (Å²) in [6, 6.07) is 1.71. The van der Waals surface area contributed by atoms with E-state index in [-0.39, 0.29) is 11.9 Å². The smallest absolute Gasteiger partial charge is 0.276 e. The number of likely N-dealkylation sites (N-methyl/N-ethyl adjacent to an activating group) is 1. The Hall–Kier alpha value is -1.40. The Bertz CT molecular complexity index is 414. The first-order valence-corrected chi connectivity index (χ1v) is 6.09. The van der Waals surface area contributed by atoms with Crippen molar-refractivity contribution in [3.63, 3.8) is 0 Å². The monoisotopic (exact) mass is 253 g/mol. The average molecular weight is 253 g/mol. The Morgan fingerprint density at radius 1 is 1.72 bits per heavy atom. The highest BCUT2D eigenvalue weighted by Gasteiger charge is 2.35. The standard InChI is InChI=1S/C12H19N3O3/c1-15(11(6-13)8-3-4-8)12(16)10-5-9(7-17-2)18-14-10/h5,8,11H,3-4,6-7,13H2,1-2H3. The largest absolute Gasteiger partial charge is 0.377 e. The highest BCUT2D eigenvalue weighted by atomic mass is 16.5. The van der Waals surface area contributed by atoms with Crippen molar-refractivity contribution in [3.05, 3.63) is 17.5 Å². The maximum absolute atomic E-state index is 12.2. The molecule has 6 nitrogen and oxygen atoms in total. The molecule has 18 heavy (non-hydrogen) atoms. The first-order valence-electron chi connectivity index (χ1n) is 6.09. The van der Waals surface area contributed by atoms with E-state index in [0.29, 0.717) is 30.5 Å². The van der Waals surface area contributed by atoms with Crippen LogP contribution in [0.15, 0.2) is 10.6 Å². The molecule has 1 saturated carbocycles. The third-order valence-electron chi connectivity index (χ3n) is 3.29. The molecule has 1 heterocycles. The van der Waals surface area contributed by atoms with Gasteiger partial charge in [0.2, 0.25) is 0 Å². The van der Waals surface area contributed by atoms with Gasteiger partial charge in [0.25, 0.3) is 5.91 Å². The average Bonchev–Trinajstić information content (AvgIpc) is 3.09. The molecule has 1 aromatic rings. The zero-order valence-corrected chi connectivity index (χ0v) is 10.8. The van der Waals surface area contributed by atoms with Crippen LogP contribution in [0.5, 0.6) is 0 Å². The second kappa shape index (κ2) is 5.49. The first kappa shape index (κ1) is 13.0. The summed E-state index contributed by atoms with van der Waals surface area (Å²) in [6.07, 6.45) is 2.29. The van der Waals surface area contributed by atoms with Gasteiger partial charge in [-0.1, -0.05) is 5.16 Å². The van der Waals surface area contributed by atoms with E-state index >= 15 is 0 Å². The van der Waals surface area contributed by atoms with E-state index in [4.69, 9.17) is 15.0 Å². The number of hydrogen-bond acceptors (Lipinski definition) is 5. The molecule has 1 aliphatic carbocycles. The lowest BCUT2D eigenvalue weighted by molar-refractivity contribution is 0.0707. The topological polar surface area (TPSA) is 81.6 Å². The van der Waals surface area contributed by atoms with Crippen LogP contribution < -0.4 is 5.73 Å². The van der Waals surface area contributed by atoms with Crippen LogP contribution in [-0.2, 0) is 11.3 Å². The second-order valence-electron chi connectivity index (χ2n) is 4.67. The summed E-state index contributed by atoms with van der Waals surface area (Å²) in [5.74, 6) is 0.933. The zero-order chi connectivity index (χ0) is 13.1. The van der Waals surface area contributed by atoms with Gasteiger partial charge in [0.1, 0.15) is 6.61 Å². The molecule has 0 saturated heterocycles. The van der Waals surface area contributed by atoms with Gasteiger partial charge in [-0.05, 0) is 18.8 Å². The third kappa shape index (κ3) is 2.70. The molecule has 1 unspecified atom stereocenters. The Labute approximate surface area is 106 Å². The van der Waals surface area contributed by atoms with Gasteiger partial charge in [-0.2, -0.15) is 0 Å². The van der Waals surface area contributed by atoms with Crippen LogP contribution in [0, 0.1) is 5.92 Å². The molecule has 1 amide bonds. The summed E-state index contributed by atoms with van der Waals surface area (Å²) in [6.45, 7) is 0.794. The van der Waals surface area contributed by atoms with Crippen LogP contribution >= 0.6 is 0 Å². The minimum absolute atomic E-state index is 0.0973. The number of aromatic nitrogens is 1. The zero-order valence-electron chi connectivity index (χ0n) is 10.8. The van der Waals surface area contributed by atoms with Gasteiger partial charge >= 0.3 is 0 Å². The first-order chi connectivity index (χ1) is 8.67. The Balaban J connectivity index is 2.04. The van der Waals surface area contributed by atoms with E-state index in [0.717, 1.165) is 12.8 Å². The molecule has 0 aromatic carbocycles. The van der Waals surface area contributed by atoms with Crippen molar-refractivity contribution < 1.29 is 14.1 Å². The number of nitrogens with zero attached hydrogens (tertiary/aromatic N) is 2. The number of amides is 1. The maximum atomic E-state index is 12.2. The number of carbonyl (C=O) groups excluding carboxylic acids is 1. The summed E-state index contributed by atoms with van der Waals surface area (Å²) in [7, 11) is 3.33. The van der Waals surface area contributed by atoms with Crippen LogP contribution in [-0.4, -0.2) is 42.7 Å². The van der Waals surface area contributed by atoms with E-state index in [1.54, 1.807) is 25.1 Å². The van der Waals surface area contributed by atoms with Gasteiger partial charge in [0.05, 0.1) is 0 Å². The predicted octanol–water partition coefficient (Wildman–Crippen LogP) is 0.630. The van der Waals surface area contributed by atoms with E-state index < -0.39 is 0 Å². The molecule has 1 fully saturated rings.